The fourth-order valence-corrected chi connectivity index (χ4v) is 1.45. The van der Waals surface area contributed by atoms with Crippen molar-refractivity contribution in [2.45, 2.75) is 6.61 Å². The summed E-state index contributed by atoms with van der Waals surface area (Å²) in [6.45, 7) is 0.872. The van der Waals surface area contributed by atoms with E-state index in [-0.39, 0.29) is 19.0 Å². The maximum atomic E-state index is 13.2. The van der Waals surface area contributed by atoms with E-state index in [0.717, 1.165) is 4.47 Å². The summed E-state index contributed by atoms with van der Waals surface area (Å²) in [5.74, 6) is 5.24. The highest BCUT2D eigenvalue weighted by Gasteiger charge is 2.01. The molecule has 0 heterocycles. The number of hydrogen-bond acceptors (Lipinski definition) is 2. The van der Waals surface area contributed by atoms with Crippen LogP contribution in [0, 0.1) is 17.7 Å². The second-order valence-electron chi connectivity index (χ2n) is 3.02. The smallest absolute Gasteiger partial charge is 0.128 e. The molecular weight excluding hydrogens is 275 g/mol. The molecule has 0 aliphatic rings. The molecule has 1 aromatic carbocycles. The molecule has 0 fully saturated rings. The van der Waals surface area contributed by atoms with Gasteiger partial charge >= 0.3 is 0 Å². The molecule has 2 nitrogen and oxygen atoms in total. The molecule has 0 atom stereocenters. The second-order valence-corrected chi connectivity index (χ2v) is 3.93. The average Bonchev–Trinajstić information content (AvgIpc) is 2.28. The fraction of sp³-hybridized carbons (Fsp3) is 0.333. The van der Waals surface area contributed by atoms with E-state index in [9.17, 15) is 4.39 Å². The molecule has 0 amide bonds. The Balaban J connectivity index is 2.38. The van der Waals surface area contributed by atoms with Gasteiger partial charge < -0.3 is 9.47 Å². The monoisotopic (exact) mass is 286 g/mol. The van der Waals surface area contributed by atoms with Crippen molar-refractivity contribution in [2.24, 2.45) is 0 Å². The third-order valence-corrected chi connectivity index (χ3v) is 2.27. The van der Waals surface area contributed by atoms with E-state index in [1.807, 2.05) is 0 Å². The highest BCUT2D eigenvalue weighted by molar-refractivity contribution is 9.10. The Morgan fingerprint density at radius 2 is 2.06 bits per heavy atom. The van der Waals surface area contributed by atoms with Crippen molar-refractivity contribution in [3.8, 4) is 11.8 Å². The summed E-state index contributed by atoms with van der Waals surface area (Å²) in [5.41, 5.74) is 0.517. The van der Waals surface area contributed by atoms with Crippen LogP contribution in [0.5, 0.6) is 0 Å². The number of ether oxygens (including phenoxy) is 2. The molecule has 0 N–H and O–H groups in total. The Bertz CT molecular complexity index is 396. The fourth-order valence-electron chi connectivity index (χ4n) is 1.04. The van der Waals surface area contributed by atoms with Gasteiger partial charge in [0.05, 0.1) is 6.61 Å². The lowest BCUT2D eigenvalue weighted by Crippen LogP contribution is -1.96. The lowest BCUT2D eigenvalue weighted by Gasteiger charge is -2.03. The number of rotatable bonds is 4. The Hall–Kier alpha value is -0.890. The molecule has 4 heteroatoms. The van der Waals surface area contributed by atoms with E-state index >= 15 is 0 Å². The van der Waals surface area contributed by atoms with Crippen LogP contribution in [0.4, 0.5) is 4.39 Å². The highest BCUT2D eigenvalue weighted by Crippen LogP contribution is 2.16. The van der Waals surface area contributed by atoms with Gasteiger partial charge in [-0.05, 0) is 18.2 Å². The van der Waals surface area contributed by atoms with E-state index in [4.69, 9.17) is 9.47 Å². The minimum atomic E-state index is -0.270. The zero-order valence-electron chi connectivity index (χ0n) is 8.93. The SMILES string of the molecule is COCC#CCOCc1cc(Br)ccc1F. The zero-order chi connectivity index (χ0) is 11.8. The first kappa shape index (κ1) is 13.2. The molecule has 0 aliphatic carbocycles. The normalized spacial score (nSPS) is 9.69. The van der Waals surface area contributed by atoms with Crippen LogP contribution < -0.4 is 0 Å². The molecule has 0 saturated carbocycles. The zero-order valence-corrected chi connectivity index (χ0v) is 10.5. The molecule has 0 radical (unpaired) electrons. The van der Waals surface area contributed by atoms with Crippen molar-refractivity contribution in [3.63, 3.8) is 0 Å². The minimum Gasteiger partial charge on any atom is -0.372 e. The van der Waals surface area contributed by atoms with Crippen LogP contribution in [0.3, 0.4) is 0 Å². The first-order valence-electron chi connectivity index (χ1n) is 4.70. The average molecular weight is 287 g/mol. The van der Waals surface area contributed by atoms with Crippen molar-refractivity contribution in [3.05, 3.63) is 34.1 Å². The summed E-state index contributed by atoms with van der Waals surface area (Å²) in [7, 11) is 1.58. The second kappa shape index (κ2) is 7.39. The third-order valence-electron chi connectivity index (χ3n) is 1.78. The maximum Gasteiger partial charge on any atom is 0.128 e. The van der Waals surface area contributed by atoms with Crippen LogP contribution >= 0.6 is 15.9 Å². The van der Waals surface area contributed by atoms with Gasteiger partial charge in [0.2, 0.25) is 0 Å². The van der Waals surface area contributed by atoms with Crippen molar-refractivity contribution in [1.29, 1.82) is 0 Å². The number of methoxy groups -OCH3 is 1. The van der Waals surface area contributed by atoms with E-state index in [2.05, 4.69) is 27.8 Å². The van der Waals surface area contributed by atoms with E-state index in [0.29, 0.717) is 12.2 Å². The van der Waals surface area contributed by atoms with Crippen LogP contribution in [0.15, 0.2) is 22.7 Å². The number of hydrogen-bond donors (Lipinski definition) is 0. The van der Waals surface area contributed by atoms with E-state index in [1.54, 1.807) is 19.2 Å². The quantitative estimate of drug-likeness (QED) is 0.626. The van der Waals surface area contributed by atoms with E-state index < -0.39 is 0 Å². The van der Waals surface area contributed by atoms with Crippen LogP contribution in [0.25, 0.3) is 0 Å². The summed E-state index contributed by atoms with van der Waals surface area (Å²) in [4.78, 5) is 0. The van der Waals surface area contributed by atoms with Gasteiger partial charge in [0.1, 0.15) is 19.0 Å². The third kappa shape index (κ3) is 4.75. The minimum absolute atomic E-state index is 0.215. The number of benzene rings is 1. The Morgan fingerprint density at radius 3 is 2.81 bits per heavy atom. The van der Waals surface area contributed by atoms with Gasteiger partial charge in [0, 0.05) is 17.1 Å². The molecule has 0 spiro atoms. The molecule has 16 heavy (non-hydrogen) atoms. The molecule has 1 aromatic rings. The van der Waals surface area contributed by atoms with Crippen LogP contribution in [0.2, 0.25) is 0 Å². The first-order chi connectivity index (χ1) is 7.74. The molecule has 0 saturated heterocycles. The van der Waals surface area contributed by atoms with Gasteiger partial charge in [0.15, 0.2) is 0 Å². The summed E-state index contributed by atoms with van der Waals surface area (Å²) >= 11 is 3.27. The van der Waals surface area contributed by atoms with Crippen LogP contribution in [0.1, 0.15) is 5.56 Å². The molecule has 0 bridgehead atoms. The van der Waals surface area contributed by atoms with Crippen LogP contribution in [-0.4, -0.2) is 20.3 Å². The van der Waals surface area contributed by atoms with E-state index in [1.165, 1.54) is 6.07 Å². The molecule has 1 rings (SSSR count). The lowest BCUT2D eigenvalue weighted by atomic mass is 10.2. The molecule has 0 aromatic heterocycles. The number of halogens is 2. The van der Waals surface area contributed by atoms with Gasteiger partial charge in [-0.3, -0.25) is 0 Å². The van der Waals surface area contributed by atoms with Crippen molar-refractivity contribution in [2.75, 3.05) is 20.3 Å². The summed E-state index contributed by atoms with van der Waals surface area (Å²) < 4.78 is 24.0. The Kier molecular flexibility index (Phi) is 6.09. The Morgan fingerprint density at radius 1 is 1.31 bits per heavy atom. The predicted octanol–water partition coefficient (Wildman–Crippen LogP) is 2.75. The maximum absolute atomic E-state index is 13.2. The van der Waals surface area contributed by atoms with Crippen molar-refractivity contribution >= 4 is 15.9 Å². The van der Waals surface area contributed by atoms with Gasteiger partial charge in [0.25, 0.3) is 0 Å². The molecule has 86 valence electrons. The standard InChI is InChI=1S/C12H12BrFO2/c1-15-6-2-3-7-16-9-10-8-11(13)4-5-12(10)14/h4-5,8H,6-7,9H2,1H3. The largest absolute Gasteiger partial charge is 0.372 e. The van der Waals surface area contributed by atoms with Crippen molar-refractivity contribution in [1.82, 2.24) is 0 Å². The van der Waals surface area contributed by atoms with Gasteiger partial charge in [-0.25, -0.2) is 4.39 Å². The topological polar surface area (TPSA) is 18.5 Å². The Labute approximate surface area is 103 Å². The first-order valence-corrected chi connectivity index (χ1v) is 5.49. The summed E-state index contributed by atoms with van der Waals surface area (Å²) in [6, 6.07) is 4.74. The summed E-state index contributed by atoms with van der Waals surface area (Å²) in [6.07, 6.45) is 0. The van der Waals surface area contributed by atoms with Gasteiger partial charge in [-0.15, -0.1) is 0 Å². The van der Waals surface area contributed by atoms with Gasteiger partial charge in [-0.2, -0.15) is 0 Å². The van der Waals surface area contributed by atoms with Crippen LogP contribution in [-0.2, 0) is 16.1 Å². The predicted molar refractivity (Wildman–Crippen MR) is 63.4 cm³/mol. The molecule has 0 aliphatic heterocycles. The lowest BCUT2D eigenvalue weighted by molar-refractivity contribution is 0.150. The molecule has 0 unspecified atom stereocenters. The molecular formula is C12H12BrFO2. The van der Waals surface area contributed by atoms with Crippen molar-refractivity contribution < 1.29 is 13.9 Å². The highest BCUT2D eigenvalue weighted by atomic mass is 79.9. The summed E-state index contributed by atoms with van der Waals surface area (Å²) in [5, 5.41) is 0. The van der Waals surface area contributed by atoms with Gasteiger partial charge in [-0.1, -0.05) is 27.8 Å².